The largest absolute Gasteiger partial charge is 0.507 e. The average Bonchev–Trinajstić information content (AvgIpc) is 3.96. The molecule has 12 rings (SSSR count). The Bertz CT molecular complexity index is 2460. The Morgan fingerprint density at radius 1 is 1.02 bits per heavy atom. The van der Waals surface area contributed by atoms with E-state index in [4.69, 9.17) is 18.9 Å². The zero-order valence-electron chi connectivity index (χ0n) is 37.1. The fourth-order valence-corrected chi connectivity index (χ4v) is 16.9. The zero-order chi connectivity index (χ0) is 45.2. The number of benzene rings is 2. The third-order valence-electron chi connectivity index (χ3n) is 18.9. The van der Waals surface area contributed by atoms with Gasteiger partial charge in [0.1, 0.15) is 41.2 Å². The third kappa shape index (κ3) is 5.61. The number of carboxylic acids is 1. The molecular formula is C50H62N2O13. The summed E-state index contributed by atoms with van der Waals surface area (Å²) in [6, 6.07) is 2.57. The van der Waals surface area contributed by atoms with E-state index in [-0.39, 0.29) is 81.2 Å². The van der Waals surface area contributed by atoms with E-state index in [2.05, 4.69) is 16.9 Å². The van der Waals surface area contributed by atoms with E-state index in [1.54, 1.807) is 0 Å². The number of allylic oxidation sites excluding steroid dienone is 1. The number of nitrogens with one attached hydrogen (secondary N) is 2. The number of hydrazine groups is 1. The quantitative estimate of drug-likeness (QED) is 0.137. The summed E-state index contributed by atoms with van der Waals surface area (Å²) in [7, 11) is 0. The van der Waals surface area contributed by atoms with E-state index in [0.29, 0.717) is 43.9 Å². The fourth-order valence-electron chi connectivity index (χ4n) is 16.9. The molecule has 10 aliphatic rings. The van der Waals surface area contributed by atoms with Crippen LogP contribution in [0, 0.1) is 40.9 Å². The van der Waals surface area contributed by atoms with Gasteiger partial charge >= 0.3 is 5.97 Å². The van der Waals surface area contributed by atoms with Crippen LogP contribution in [0.25, 0.3) is 10.8 Å². The Morgan fingerprint density at radius 3 is 2.57 bits per heavy atom. The van der Waals surface area contributed by atoms with Gasteiger partial charge in [-0.2, -0.15) is 0 Å². The molecule has 5 aliphatic carbocycles. The molecule has 2 aromatic rings. The van der Waals surface area contributed by atoms with Crippen molar-refractivity contribution in [3.05, 3.63) is 51.6 Å². The maximum absolute atomic E-state index is 12.9. The lowest BCUT2D eigenvalue weighted by Crippen LogP contribution is -2.81. The number of aliphatic hydroxyl groups is 4. The molecular weight excluding hydrogens is 837 g/mol. The van der Waals surface area contributed by atoms with Crippen molar-refractivity contribution < 1.29 is 64.3 Å². The van der Waals surface area contributed by atoms with Crippen LogP contribution in [-0.4, -0.2) is 121 Å². The van der Waals surface area contributed by atoms with Gasteiger partial charge in [-0.15, -0.1) is 0 Å². The molecule has 15 nitrogen and oxygen atoms in total. The first kappa shape index (κ1) is 42.7. The number of aromatic carboxylic acids is 1. The molecule has 350 valence electrons. The highest BCUT2D eigenvalue weighted by molar-refractivity contribution is 6.11. The highest BCUT2D eigenvalue weighted by Crippen LogP contribution is 2.75. The number of carbonyl (C=O) groups is 2. The molecule has 4 spiro atoms. The second-order valence-corrected chi connectivity index (χ2v) is 22.1. The number of carbonyl (C=O) groups excluding carboxylic acids is 1. The van der Waals surface area contributed by atoms with Crippen LogP contribution < -0.4 is 15.6 Å². The van der Waals surface area contributed by atoms with Gasteiger partial charge in [-0.3, -0.25) is 15.6 Å². The van der Waals surface area contributed by atoms with E-state index in [9.17, 15) is 45.3 Å². The third-order valence-corrected chi connectivity index (χ3v) is 18.9. The van der Waals surface area contributed by atoms with Crippen LogP contribution >= 0.6 is 0 Å². The second kappa shape index (κ2) is 14.4. The van der Waals surface area contributed by atoms with Crippen LogP contribution in [0.4, 0.5) is 0 Å². The Morgan fingerprint density at radius 2 is 1.82 bits per heavy atom. The summed E-state index contributed by atoms with van der Waals surface area (Å²) in [5, 5.41) is 80.6. The van der Waals surface area contributed by atoms with Gasteiger partial charge in [0, 0.05) is 47.1 Å². The van der Waals surface area contributed by atoms with E-state index in [0.717, 1.165) is 49.8 Å². The zero-order valence-corrected chi connectivity index (χ0v) is 37.1. The predicted octanol–water partition coefficient (Wildman–Crippen LogP) is 4.60. The number of fused-ring (bicyclic) bond motifs is 4. The van der Waals surface area contributed by atoms with Crippen molar-refractivity contribution >= 4 is 22.5 Å². The van der Waals surface area contributed by atoms with Crippen LogP contribution in [-0.2, 0) is 14.2 Å². The Labute approximate surface area is 377 Å². The summed E-state index contributed by atoms with van der Waals surface area (Å²) in [4.78, 5) is 25.2. The molecule has 15 heteroatoms. The molecule has 9 N–H and O–H groups in total. The molecule has 0 radical (unpaired) electrons. The van der Waals surface area contributed by atoms with Crippen LogP contribution in [0.2, 0.25) is 0 Å². The number of rotatable bonds is 7. The van der Waals surface area contributed by atoms with Gasteiger partial charge in [0.05, 0.1) is 35.3 Å². The molecule has 5 heterocycles. The number of phenolic OH excluding ortho intramolecular Hbond substituents is 2. The van der Waals surface area contributed by atoms with E-state index >= 15 is 0 Å². The van der Waals surface area contributed by atoms with Crippen LogP contribution in [0.1, 0.15) is 123 Å². The lowest BCUT2D eigenvalue weighted by Gasteiger charge is -2.72. The number of aliphatic hydroxyl groups excluding tert-OH is 4. The highest BCUT2D eigenvalue weighted by Gasteiger charge is 2.76. The van der Waals surface area contributed by atoms with E-state index < -0.39 is 71.2 Å². The number of ketones is 1. The second-order valence-electron chi connectivity index (χ2n) is 22.1. The van der Waals surface area contributed by atoms with Gasteiger partial charge < -0.3 is 54.7 Å². The number of hydrogen-bond acceptors (Lipinski definition) is 14. The minimum Gasteiger partial charge on any atom is -0.507 e. The number of hydrogen-bond donors (Lipinski definition) is 9. The first-order valence-corrected chi connectivity index (χ1v) is 24.1. The van der Waals surface area contributed by atoms with Crippen LogP contribution in [0.3, 0.4) is 0 Å². The van der Waals surface area contributed by atoms with Crippen molar-refractivity contribution in [2.45, 2.75) is 158 Å². The molecule has 65 heavy (non-hydrogen) atoms. The monoisotopic (exact) mass is 898 g/mol. The first-order chi connectivity index (χ1) is 31.1. The van der Waals surface area contributed by atoms with Crippen LogP contribution in [0.5, 0.6) is 17.2 Å². The number of aromatic hydroxyl groups is 2. The topological polar surface area (TPSA) is 237 Å². The van der Waals surface area contributed by atoms with Crippen molar-refractivity contribution in [1.29, 1.82) is 0 Å². The van der Waals surface area contributed by atoms with Gasteiger partial charge in [0.25, 0.3) is 0 Å². The van der Waals surface area contributed by atoms with Crippen molar-refractivity contribution in [2.75, 3.05) is 19.8 Å². The van der Waals surface area contributed by atoms with Gasteiger partial charge in [-0.05, 0) is 142 Å². The molecule has 14 unspecified atom stereocenters. The summed E-state index contributed by atoms with van der Waals surface area (Å²) >= 11 is 0. The fraction of sp³-hybridized carbons (Fsp3) is 0.680. The summed E-state index contributed by atoms with van der Waals surface area (Å²) in [5.41, 5.74) is 9.02. The number of Topliss-reactive ketones (excluding diaryl/α,β-unsaturated/α-hetero) is 1. The molecule has 5 aliphatic heterocycles. The van der Waals surface area contributed by atoms with Crippen molar-refractivity contribution in [3.63, 3.8) is 0 Å². The van der Waals surface area contributed by atoms with Gasteiger partial charge in [0.15, 0.2) is 5.78 Å². The molecule has 0 amide bonds. The molecule has 14 atom stereocenters. The highest BCUT2D eigenvalue weighted by atomic mass is 16.7. The SMILES string of the molecule is CC(=O)c1c(C)c(O)c2cc(C(=O)O)cc(OC3OC4C(O)CCC5OC4(CC4C6=C5CC=C6C5(CCCO)COCC6CC78CC9(CCCC9)CC7NNC4(C8)C65)C(O)C3O)c2c1O. The minimum absolute atomic E-state index is 0.00457. The maximum atomic E-state index is 12.9. The number of carboxylic acid groups (broad SMARTS) is 1. The maximum Gasteiger partial charge on any atom is 0.335 e. The first-order valence-electron chi connectivity index (χ1n) is 24.1. The normalized spacial score (nSPS) is 43.0. The molecule has 8 fully saturated rings. The van der Waals surface area contributed by atoms with Gasteiger partial charge in [-0.1, -0.05) is 18.9 Å². The van der Waals surface area contributed by atoms with E-state index in [1.165, 1.54) is 50.7 Å². The summed E-state index contributed by atoms with van der Waals surface area (Å²) in [5.74, 6) is -3.10. The van der Waals surface area contributed by atoms with Crippen molar-refractivity contribution in [2.24, 2.45) is 34.0 Å². The van der Waals surface area contributed by atoms with Gasteiger partial charge in [0.2, 0.25) is 6.29 Å². The van der Waals surface area contributed by atoms with Gasteiger partial charge in [-0.25, -0.2) is 4.79 Å². The summed E-state index contributed by atoms with van der Waals surface area (Å²) in [6.45, 7) is 3.94. The average molecular weight is 899 g/mol. The smallest absolute Gasteiger partial charge is 0.335 e. The Kier molecular flexibility index (Phi) is 9.49. The molecule has 2 aromatic carbocycles. The number of phenols is 2. The predicted molar refractivity (Wildman–Crippen MR) is 232 cm³/mol. The Balaban J connectivity index is 0.982. The Hall–Kier alpha value is -3.64. The van der Waals surface area contributed by atoms with E-state index in [1.807, 2.05) is 0 Å². The minimum atomic E-state index is -1.81. The lowest BCUT2D eigenvalue weighted by molar-refractivity contribution is -0.337. The number of ether oxygens (including phenoxy) is 4. The van der Waals surface area contributed by atoms with Crippen molar-refractivity contribution in [3.8, 4) is 17.2 Å². The lowest BCUT2D eigenvalue weighted by atomic mass is 9.39. The standard InChI is InChI=1S/C50H62N2O13/c1-23-35(24(2)54)39(57)37-28(38(23)56)14-25(44(60)61)15-33(37)63-45-40(58)42(59)50-17-30-36-27(32(65-50)9-8-31(55)43(50)64-45)6-7-29(36)48(12-5-13-53)22-62-19-26-16-47-20-46(10-3-4-11-46)18-34(47)51-52-49(30,21-47)41(26)48/h7,14-15,26,30-32,34,40-43,45,51-53,55-59H,3-6,8-13,16-22H2,1-2H3,(H,60,61). The molecule has 4 bridgehead atoms. The summed E-state index contributed by atoms with van der Waals surface area (Å²) < 4.78 is 27.1. The molecule has 4 saturated heterocycles. The summed E-state index contributed by atoms with van der Waals surface area (Å²) in [6.07, 6.45) is 6.43. The molecule has 4 saturated carbocycles. The van der Waals surface area contributed by atoms with Crippen LogP contribution in [0.15, 0.2) is 34.9 Å². The molecule has 0 aromatic heterocycles. The van der Waals surface area contributed by atoms with Crippen molar-refractivity contribution in [1.82, 2.24) is 10.9 Å².